The van der Waals surface area contributed by atoms with Crippen LogP contribution in [-0.2, 0) is 21.5 Å². The van der Waals surface area contributed by atoms with Crippen LogP contribution in [0.15, 0.2) is 18.2 Å². The van der Waals surface area contributed by atoms with Gasteiger partial charge in [-0.2, -0.15) is 0 Å². The Bertz CT molecular complexity index is 464. The van der Waals surface area contributed by atoms with E-state index in [1.165, 1.54) is 6.07 Å². The van der Waals surface area contributed by atoms with Gasteiger partial charge >= 0.3 is 5.97 Å². The molecule has 0 fully saturated rings. The minimum Gasteiger partial charge on any atom is -0.480 e. The van der Waals surface area contributed by atoms with Crippen molar-refractivity contribution in [3.63, 3.8) is 0 Å². The average molecular weight is 253 g/mol. The first-order chi connectivity index (χ1) is 8.62. The monoisotopic (exact) mass is 253 g/mol. The first-order valence-corrected chi connectivity index (χ1v) is 5.87. The van der Waals surface area contributed by atoms with Gasteiger partial charge in [-0.25, -0.2) is 9.18 Å². The number of carboxylic acids is 1. The molecule has 1 atom stereocenters. The number of methoxy groups -OCH3 is 1. The molecule has 1 unspecified atom stereocenters. The Morgan fingerprint density at radius 2 is 2.39 bits per heavy atom. The lowest BCUT2D eigenvalue weighted by Crippen LogP contribution is -2.48. The highest BCUT2D eigenvalue weighted by molar-refractivity contribution is 5.82. The summed E-state index contributed by atoms with van der Waals surface area (Å²) in [4.78, 5) is 11.6. The summed E-state index contributed by atoms with van der Waals surface area (Å²) in [5, 5.41) is 12.5. The number of carbonyl (C=O) groups is 1. The molecule has 0 amide bonds. The minimum absolute atomic E-state index is 0.329. The van der Waals surface area contributed by atoms with Gasteiger partial charge in [0.1, 0.15) is 11.4 Å². The van der Waals surface area contributed by atoms with Crippen molar-refractivity contribution in [2.24, 2.45) is 0 Å². The number of carboxylic acid groups (broad SMARTS) is 1. The standard InChI is InChI=1S/C13H16FNO3/c1-18-8-7-15-13(12(16)17)6-5-9-10(13)3-2-4-11(9)14/h2-4,15H,5-8H2,1H3,(H,16,17). The summed E-state index contributed by atoms with van der Waals surface area (Å²) < 4.78 is 18.5. The van der Waals surface area contributed by atoms with Crippen LogP contribution in [-0.4, -0.2) is 31.3 Å². The van der Waals surface area contributed by atoms with Crippen molar-refractivity contribution in [3.05, 3.63) is 35.1 Å². The van der Waals surface area contributed by atoms with E-state index in [1.807, 2.05) is 0 Å². The number of hydrogen-bond donors (Lipinski definition) is 2. The quantitative estimate of drug-likeness (QED) is 0.776. The highest BCUT2D eigenvalue weighted by Crippen LogP contribution is 2.38. The summed E-state index contributed by atoms with van der Waals surface area (Å²) in [6.07, 6.45) is 0.802. The van der Waals surface area contributed by atoms with Gasteiger partial charge in [-0.05, 0) is 30.0 Å². The Morgan fingerprint density at radius 3 is 3.06 bits per heavy atom. The topological polar surface area (TPSA) is 58.6 Å². The van der Waals surface area contributed by atoms with Crippen LogP contribution in [0.1, 0.15) is 17.5 Å². The minimum atomic E-state index is -1.18. The zero-order valence-electron chi connectivity index (χ0n) is 10.2. The molecule has 1 aromatic rings. The fourth-order valence-electron chi connectivity index (χ4n) is 2.51. The van der Waals surface area contributed by atoms with Crippen molar-refractivity contribution in [3.8, 4) is 0 Å². The third-order valence-corrected chi connectivity index (χ3v) is 3.43. The molecule has 0 spiro atoms. The Labute approximate surface area is 105 Å². The predicted molar refractivity (Wildman–Crippen MR) is 63.9 cm³/mol. The van der Waals surface area contributed by atoms with Gasteiger partial charge in [-0.3, -0.25) is 5.32 Å². The molecule has 1 aliphatic rings. The van der Waals surface area contributed by atoms with Crippen LogP contribution in [0.25, 0.3) is 0 Å². The van der Waals surface area contributed by atoms with Gasteiger partial charge in [0, 0.05) is 13.7 Å². The Morgan fingerprint density at radius 1 is 1.61 bits per heavy atom. The van der Waals surface area contributed by atoms with Crippen molar-refractivity contribution in [2.45, 2.75) is 18.4 Å². The fourth-order valence-corrected chi connectivity index (χ4v) is 2.51. The van der Waals surface area contributed by atoms with Gasteiger partial charge in [0.25, 0.3) is 0 Å². The van der Waals surface area contributed by atoms with E-state index in [1.54, 1.807) is 19.2 Å². The summed E-state index contributed by atoms with van der Waals surface area (Å²) in [5.41, 5.74) is -0.147. The van der Waals surface area contributed by atoms with Gasteiger partial charge in [-0.1, -0.05) is 12.1 Å². The summed E-state index contributed by atoms with van der Waals surface area (Å²) >= 11 is 0. The van der Waals surface area contributed by atoms with Crippen molar-refractivity contribution in [1.82, 2.24) is 5.32 Å². The molecule has 0 heterocycles. The van der Waals surface area contributed by atoms with Crippen molar-refractivity contribution < 1.29 is 19.0 Å². The zero-order chi connectivity index (χ0) is 13.2. The van der Waals surface area contributed by atoms with Crippen molar-refractivity contribution >= 4 is 5.97 Å². The number of hydrogen-bond acceptors (Lipinski definition) is 3. The highest BCUT2D eigenvalue weighted by Gasteiger charge is 2.45. The lowest BCUT2D eigenvalue weighted by Gasteiger charge is -2.27. The number of halogens is 1. The molecule has 18 heavy (non-hydrogen) atoms. The van der Waals surface area contributed by atoms with Gasteiger partial charge in [-0.15, -0.1) is 0 Å². The third-order valence-electron chi connectivity index (χ3n) is 3.43. The second-order valence-electron chi connectivity index (χ2n) is 4.40. The molecule has 4 nitrogen and oxygen atoms in total. The Balaban J connectivity index is 2.35. The normalized spacial score (nSPS) is 21.9. The first-order valence-electron chi connectivity index (χ1n) is 5.87. The second kappa shape index (κ2) is 5.04. The summed E-state index contributed by atoms with van der Waals surface area (Å²) in [6, 6.07) is 4.60. The maximum Gasteiger partial charge on any atom is 0.328 e. The molecule has 0 aliphatic heterocycles. The van der Waals surface area contributed by atoms with Crippen LogP contribution in [0.3, 0.4) is 0 Å². The highest BCUT2D eigenvalue weighted by atomic mass is 19.1. The van der Waals surface area contributed by atoms with E-state index in [9.17, 15) is 14.3 Å². The Kier molecular flexibility index (Phi) is 3.63. The number of benzene rings is 1. The maximum atomic E-state index is 13.6. The lowest BCUT2D eigenvalue weighted by molar-refractivity contribution is -0.145. The lowest BCUT2D eigenvalue weighted by atomic mass is 9.91. The third kappa shape index (κ3) is 2.00. The van der Waals surface area contributed by atoms with Crippen LogP contribution in [0, 0.1) is 5.82 Å². The molecule has 1 aromatic carbocycles. The van der Waals surface area contributed by atoms with E-state index < -0.39 is 11.5 Å². The second-order valence-corrected chi connectivity index (χ2v) is 4.40. The van der Waals surface area contributed by atoms with E-state index in [0.717, 1.165) is 0 Å². The van der Waals surface area contributed by atoms with Crippen molar-refractivity contribution in [2.75, 3.05) is 20.3 Å². The molecule has 0 aromatic heterocycles. The molecule has 2 N–H and O–H groups in total. The van der Waals surface area contributed by atoms with Gasteiger partial charge in [0.05, 0.1) is 6.61 Å². The number of aliphatic carboxylic acids is 1. The smallest absolute Gasteiger partial charge is 0.328 e. The molecule has 2 rings (SSSR count). The average Bonchev–Trinajstić information content (AvgIpc) is 2.72. The summed E-state index contributed by atoms with van der Waals surface area (Å²) in [6.45, 7) is 0.832. The van der Waals surface area contributed by atoms with Crippen LogP contribution in [0.5, 0.6) is 0 Å². The molecule has 5 heteroatoms. The fraction of sp³-hybridized carbons (Fsp3) is 0.462. The van der Waals surface area contributed by atoms with E-state index in [-0.39, 0.29) is 5.82 Å². The molecular weight excluding hydrogens is 237 g/mol. The zero-order valence-corrected chi connectivity index (χ0v) is 10.2. The van der Waals surface area contributed by atoms with Crippen molar-refractivity contribution in [1.29, 1.82) is 0 Å². The van der Waals surface area contributed by atoms with Crippen LogP contribution < -0.4 is 5.32 Å². The Hall–Kier alpha value is -1.46. The number of nitrogens with one attached hydrogen (secondary N) is 1. The number of fused-ring (bicyclic) bond motifs is 1. The van der Waals surface area contributed by atoms with Gasteiger partial charge in [0.15, 0.2) is 0 Å². The van der Waals surface area contributed by atoms with Gasteiger partial charge < -0.3 is 9.84 Å². The summed E-state index contributed by atoms with van der Waals surface area (Å²) in [7, 11) is 1.55. The summed E-state index contributed by atoms with van der Waals surface area (Å²) in [5.74, 6) is -1.30. The largest absolute Gasteiger partial charge is 0.480 e. The van der Waals surface area contributed by atoms with Gasteiger partial charge in [0.2, 0.25) is 0 Å². The van der Waals surface area contributed by atoms with Crippen LogP contribution in [0.4, 0.5) is 4.39 Å². The number of ether oxygens (including phenoxy) is 1. The molecule has 98 valence electrons. The number of rotatable bonds is 5. The van der Waals surface area contributed by atoms with Crippen LogP contribution in [0.2, 0.25) is 0 Å². The molecule has 0 saturated carbocycles. The molecule has 1 aliphatic carbocycles. The van der Waals surface area contributed by atoms with E-state index >= 15 is 0 Å². The molecular formula is C13H16FNO3. The van der Waals surface area contributed by atoms with E-state index in [0.29, 0.717) is 37.1 Å². The molecule has 0 radical (unpaired) electrons. The molecule has 0 bridgehead atoms. The van der Waals surface area contributed by atoms with E-state index in [2.05, 4.69) is 5.32 Å². The maximum absolute atomic E-state index is 13.6. The molecule has 0 saturated heterocycles. The van der Waals surface area contributed by atoms with E-state index in [4.69, 9.17) is 4.74 Å². The van der Waals surface area contributed by atoms with Crippen LogP contribution >= 0.6 is 0 Å². The first kappa shape index (κ1) is 13.0. The SMILES string of the molecule is COCCNC1(C(=O)O)CCc2c(F)cccc21. The predicted octanol–water partition coefficient (Wildman–Crippen LogP) is 1.29.